The van der Waals surface area contributed by atoms with Gasteiger partial charge in [0.25, 0.3) is 5.91 Å². The Labute approximate surface area is 140 Å². The van der Waals surface area contributed by atoms with Gasteiger partial charge in [0.15, 0.2) is 11.5 Å². The van der Waals surface area contributed by atoms with Gasteiger partial charge in [-0.15, -0.1) is 0 Å². The van der Waals surface area contributed by atoms with Gasteiger partial charge in [0.2, 0.25) is 5.75 Å². The summed E-state index contributed by atoms with van der Waals surface area (Å²) in [7, 11) is 3.09. The molecule has 1 N–H and O–H groups in total. The predicted octanol–water partition coefficient (Wildman–Crippen LogP) is 3.04. The van der Waals surface area contributed by atoms with Gasteiger partial charge in [0, 0.05) is 5.56 Å². The Hall–Kier alpha value is -2.89. The number of nitrogens with one attached hydrogen (secondary N) is 1. The van der Waals surface area contributed by atoms with E-state index in [1.165, 1.54) is 7.11 Å². The number of anilines is 1. The van der Waals surface area contributed by atoms with Crippen molar-refractivity contribution >= 4 is 11.6 Å². The lowest BCUT2D eigenvalue weighted by Gasteiger charge is -2.21. The summed E-state index contributed by atoms with van der Waals surface area (Å²) in [6.45, 7) is 2.84. The molecule has 0 saturated heterocycles. The highest BCUT2D eigenvalue weighted by Crippen LogP contribution is 2.40. The minimum atomic E-state index is -0.283. The van der Waals surface area contributed by atoms with Crippen LogP contribution in [0.3, 0.4) is 0 Å². The van der Waals surface area contributed by atoms with Crippen molar-refractivity contribution in [1.29, 1.82) is 0 Å². The summed E-state index contributed by atoms with van der Waals surface area (Å²) >= 11 is 0. The van der Waals surface area contributed by atoms with Crippen LogP contribution in [0.4, 0.5) is 5.69 Å². The van der Waals surface area contributed by atoms with Crippen LogP contribution in [-0.4, -0.2) is 33.3 Å². The number of hydrogen-bond donors (Lipinski definition) is 1. The maximum absolute atomic E-state index is 12.6. The van der Waals surface area contributed by atoms with E-state index in [4.69, 9.17) is 18.9 Å². The van der Waals surface area contributed by atoms with Crippen molar-refractivity contribution in [3.8, 4) is 23.0 Å². The molecule has 0 fully saturated rings. The smallest absolute Gasteiger partial charge is 0.256 e. The number of carbonyl (C=O) groups excluding carboxylic acids is 1. The van der Waals surface area contributed by atoms with Crippen LogP contribution in [0.25, 0.3) is 0 Å². The van der Waals surface area contributed by atoms with E-state index >= 15 is 0 Å². The van der Waals surface area contributed by atoms with Gasteiger partial charge in [0.1, 0.15) is 19.0 Å². The van der Waals surface area contributed by atoms with Gasteiger partial charge in [-0.2, -0.15) is 0 Å². The summed E-state index contributed by atoms with van der Waals surface area (Å²) in [5.74, 6) is 1.80. The molecule has 2 aromatic rings. The van der Waals surface area contributed by atoms with Crippen LogP contribution >= 0.6 is 0 Å². The van der Waals surface area contributed by atoms with Crippen LogP contribution < -0.4 is 24.3 Å². The average molecular weight is 329 g/mol. The Kier molecular flexibility index (Phi) is 4.46. The molecule has 2 aromatic carbocycles. The fourth-order valence-corrected chi connectivity index (χ4v) is 2.52. The van der Waals surface area contributed by atoms with E-state index in [0.717, 1.165) is 5.56 Å². The highest BCUT2D eigenvalue weighted by molar-refractivity contribution is 6.05. The Morgan fingerprint density at radius 1 is 1.04 bits per heavy atom. The van der Waals surface area contributed by atoms with E-state index in [1.807, 2.05) is 25.1 Å². The lowest BCUT2D eigenvalue weighted by Crippen LogP contribution is -2.18. The van der Waals surface area contributed by atoms with Gasteiger partial charge < -0.3 is 24.3 Å². The molecule has 0 aromatic heterocycles. The van der Waals surface area contributed by atoms with Gasteiger partial charge in [-0.1, -0.05) is 6.07 Å². The minimum Gasteiger partial charge on any atom is -0.495 e. The average Bonchev–Trinajstić information content (AvgIpc) is 2.61. The maximum atomic E-state index is 12.6. The normalized spacial score (nSPS) is 12.5. The predicted molar refractivity (Wildman–Crippen MR) is 89.7 cm³/mol. The van der Waals surface area contributed by atoms with Crippen molar-refractivity contribution < 1.29 is 23.7 Å². The monoisotopic (exact) mass is 329 g/mol. The highest BCUT2D eigenvalue weighted by atomic mass is 16.6. The quantitative estimate of drug-likeness (QED) is 0.934. The molecule has 0 unspecified atom stereocenters. The van der Waals surface area contributed by atoms with Crippen molar-refractivity contribution in [2.45, 2.75) is 6.92 Å². The molecule has 1 amide bonds. The third kappa shape index (κ3) is 3.08. The molecule has 126 valence electrons. The second-order valence-electron chi connectivity index (χ2n) is 5.36. The number of hydrogen-bond acceptors (Lipinski definition) is 5. The number of fused-ring (bicyclic) bond motifs is 1. The molecule has 0 saturated carbocycles. The minimum absolute atomic E-state index is 0.283. The van der Waals surface area contributed by atoms with Crippen molar-refractivity contribution in [2.24, 2.45) is 0 Å². The van der Waals surface area contributed by atoms with Crippen LogP contribution in [-0.2, 0) is 0 Å². The first kappa shape index (κ1) is 16.0. The lowest BCUT2D eigenvalue weighted by atomic mass is 10.1. The second-order valence-corrected chi connectivity index (χ2v) is 5.36. The van der Waals surface area contributed by atoms with Gasteiger partial charge in [0.05, 0.1) is 19.9 Å². The van der Waals surface area contributed by atoms with Gasteiger partial charge in [-0.05, 0) is 36.8 Å². The fraction of sp³-hybridized carbons (Fsp3) is 0.278. The molecule has 3 rings (SSSR count). The van der Waals surface area contributed by atoms with E-state index in [0.29, 0.717) is 47.5 Å². The van der Waals surface area contributed by atoms with E-state index in [1.54, 1.807) is 19.2 Å². The van der Waals surface area contributed by atoms with E-state index in [9.17, 15) is 4.79 Å². The largest absolute Gasteiger partial charge is 0.495 e. The second kappa shape index (κ2) is 6.70. The van der Waals surface area contributed by atoms with Gasteiger partial charge >= 0.3 is 0 Å². The third-order valence-corrected chi connectivity index (χ3v) is 3.69. The Morgan fingerprint density at radius 2 is 1.79 bits per heavy atom. The molecule has 1 aliphatic rings. The standard InChI is InChI=1S/C18H19NO5/c1-11-4-5-14(21-2)13(8-11)19-18(20)12-9-15(22-3)17-16(10-12)23-6-7-24-17/h4-5,8-10H,6-7H2,1-3H3,(H,19,20). The first-order valence-electron chi connectivity index (χ1n) is 7.56. The Bertz CT molecular complexity index is 755. The molecule has 1 heterocycles. The lowest BCUT2D eigenvalue weighted by molar-refractivity contribution is 0.102. The number of ether oxygens (including phenoxy) is 4. The SMILES string of the molecule is COc1ccc(C)cc1NC(=O)c1cc(OC)c2c(c1)OCCO2. The molecule has 0 bridgehead atoms. The number of methoxy groups -OCH3 is 2. The summed E-state index contributed by atoms with van der Waals surface area (Å²) in [6.07, 6.45) is 0. The van der Waals surface area contributed by atoms with E-state index in [2.05, 4.69) is 5.32 Å². The fourth-order valence-electron chi connectivity index (χ4n) is 2.52. The topological polar surface area (TPSA) is 66.0 Å². The van der Waals surface area contributed by atoms with Crippen LogP contribution in [0.2, 0.25) is 0 Å². The van der Waals surface area contributed by atoms with Crippen LogP contribution in [0.15, 0.2) is 30.3 Å². The number of carbonyl (C=O) groups is 1. The summed E-state index contributed by atoms with van der Waals surface area (Å²) in [5.41, 5.74) is 2.04. The Balaban J connectivity index is 1.92. The molecular weight excluding hydrogens is 310 g/mol. The molecule has 24 heavy (non-hydrogen) atoms. The molecular formula is C18H19NO5. The van der Waals surface area contributed by atoms with Gasteiger partial charge in [-0.3, -0.25) is 4.79 Å². The van der Waals surface area contributed by atoms with Crippen LogP contribution in [0.1, 0.15) is 15.9 Å². The molecule has 0 aliphatic carbocycles. The van der Waals surface area contributed by atoms with Crippen molar-refractivity contribution in [3.63, 3.8) is 0 Å². The summed E-state index contributed by atoms with van der Waals surface area (Å²) in [6, 6.07) is 8.86. The summed E-state index contributed by atoms with van der Waals surface area (Å²) in [5, 5.41) is 2.86. The first-order chi connectivity index (χ1) is 11.6. The van der Waals surface area contributed by atoms with Crippen molar-refractivity contribution in [2.75, 3.05) is 32.8 Å². The summed E-state index contributed by atoms with van der Waals surface area (Å²) in [4.78, 5) is 12.6. The summed E-state index contributed by atoms with van der Waals surface area (Å²) < 4.78 is 21.7. The zero-order valence-electron chi connectivity index (χ0n) is 13.8. The van der Waals surface area contributed by atoms with Crippen molar-refractivity contribution in [1.82, 2.24) is 0 Å². The van der Waals surface area contributed by atoms with Crippen LogP contribution in [0, 0.1) is 6.92 Å². The molecule has 0 spiro atoms. The highest BCUT2D eigenvalue weighted by Gasteiger charge is 2.21. The van der Waals surface area contributed by atoms with E-state index < -0.39 is 0 Å². The number of benzene rings is 2. The van der Waals surface area contributed by atoms with Crippen LogP contribution in [0.5, 0.6) is 23.0 Å². The zero-order chi connectivity index (χ0) is 17.1. The van der Waals surface area contributed by atoms with Crippen molar-refractivity contribution in [3.05, 3.63) is 41.5 Å². The number of rotatable bonds is 4. The Morgan fingerprint density at radius 3 is 2.54 bits per heavy atom. The van der Waals surface area contributed by atoms with Gasteiger partial charge in [-0.25, -0.2) is 0 Å². The molecule has 0 atom stereocenters. The third-order valence-electron chi connectivity index (χ3n) is 3.69. The molecule has 1 aliphatic heterocycles. The zero-order valence-corrected chi connectivity index (χ0v) is 13.8. The molecule has 6 nitrogen and oxygen atoms in total. The number of aryl methyl sites for hydroxylation is 1. The number of amides is 1. The van der Waals surface area contributed by atoms with E-state index in [-0.39, 0.29) is 5.91 Å². The molecule has 6 heteroatoms. The maximum Gasteiger partial charge on any atom is 0.256 e. The first-order valence-corrected chi connectivity index (χ1v) is 7.56. The molecule has 0 radical (unpaired) electrons.